The molecule has 1 atom stereocenters. The van der Waals surface area contributed by atoms with Gasteiger partial charge in [-0.3, -0.25) is 14.6 Å². The van der Waals surface area contributed by atoms with Crippen molar-refractivity contribution in [1.82, 2.24) is 15.3 Å². The summed E-state index contributed by atoms with van der Waals surface area (Å²) >= 11 is 0. The zero-order valence-corrected chi connectivity index (χ0v) is 22.1. The summed E-state index contributed by atoms with van der Waals surface area (Å²) in [6, 6.07) is 6.65. The Kier molecular flexibility index (Phi) is 10.1. The van der Waals surface area contributed by atoms with E-state index in [1.165, 1.54) is 11.1 Å². The molecule has 1 amide bonds. The molecule has 0 aliphatic heterocycles. The summed E-state index contributed by atoms with van der Waals surface area (Å²) in [6.07, 6.45) is 1.06. The number of hydrogen-bond donors (Lipinski definition) is 1. The fourth-order valence-corrected chi connectivity index (χ4v) is 3.94. The van der Waals surface area contributed by atoms with Gasteiger partial charge in [-0.2, -0.15) is 0 Å². The Bertz CT molecular complexity index is 1350. The molecule has 0 radical (unpaired) electrons. The molecular formula is C27H30F2N4O6. The minimum atomic E-state index is -1.31. The van der Waals surface area contributed by atoms with Crippen molar-refractivity contribution in [3.05, 3.63) is 53.7 Å². The first kappa shape index (κ1) is 29.2. The van der Waals surface area contributed by atoms with E-state index in [-0.39, 0.29) is 44.1 Å². The first-order valence-electron chi connectivity index (χ1n) is 12.4. The van der Waals surface area contributed by atoms with Crippen LogP contribution < -0.4 is 15.0 Å². The molecule has 3 aromatic rings. The van der Waals surface area contributed by atoms with E-state index in [1.807, 2.05) is 0 Å². The number of nitrogens with one attached hydrogen (secondary N) is 1. The normalized spacial score (nSPS) is 11.5. The maximum Gasteiger partial charge on any atom is 0.328 e. The molecule has 1 unspecified atom stereocenters. The zero-order chi connectivity index (χ0) is 28.5. The van der Waals surface area contributed by atoms with Gasteiger partial charge in [-0.05, 0) is 39.3 Å². The fourth-order valence-electron chi connectivity index (χ4n) is 3.94. The molecule has 1 N–H and O–H groups in total. The molecule has 0 aliphatic rings. The summed E-state index contributed by atoms with van der Waals surface area (Å²) in [5, 5.41) is 2.33. The molecule has 0 spiro atoms. The van der Waals surface area contributed by atoms with Crippen molar-refractivity contribution in [2.75, 3.05) is 31.8 Å². The highest BCUT2D eigenvalue weighted by molar-refractivity contribution is 6.00. The molecule has 2 aromatic carbocycles. The van der Waals surface area contributed by atoms with Gasteiger partial charge in [0, 0.05) is 19.0 Å². The van der Waals surface area contributed by atoms with Gasteiger partial charge in [-0.1, -0.05) is 12.1 Å². The van der Waals surface area contributed by atoms with Gasteiger partial charge < -0.3 is 24.4 Å². The predicted molar refractivity (Wildman–Crippen MR) is 139 cm³/mol. The van der Waals surface area contributed by atoms with Gasteiger partial charge in [0.25, 0.3) is 5.91 Å². The second-order valence-electron chi connectivity index (χ2n) is 8.18. The molecule has 0 aliphatic carbocycles. The van der Waals surface area contributed by atoms with Crippen molar-refractivity contribution in [1.29, 1.82) is 0 Å². The Labute approximate surface area is 224 Å². The van der Waals surface area contributed by atoms with Crippen molar-refractivity contribution in [2.24, 2.45) is 0 Å². The van der Waals surface area contributed by atoms with Crippen LogP contribution in [-0.4, -0.2) is 60.7 Å². The van der Waals surface area contributed by atoms with Crippen LogP contribution in [-0.2, 0) is 19.1 Å². The van der Waals surface area contributed by atoms with Crippen molar-refractivity contribution in [3.63, 3.8) is 0 Å². The lowest BCUT2D eigenvalue weighted by molar-refractivity contribution is -0.146. The third-order valence-corrected chi connectivity index (χ3v) is 5.72. The number of nitrogens with zero attached hydrogens (tertiary/aromatic N) is 3. The number of anilines is 2. The Balaban J connectivity index is 1.96. The number of carbonyl (C=O) groups is 3. The van der Waals surface area contributed by atoms with E-state index in [4.69, 9.17) is 14.2 Å². The van der Waals surface area contributed by atoms with Crippen LogP contribution in [0.4, 0.5) is 20.3 Å². The minimum Gasteiger partial charge on any atom is -0.493 e. The second kappa shape index (κ2) is 13.4. The number of benzene rings is 2. The molecule has 0 saturated carbocycles. The molecule has 1 heterocycles. The lowest BCUT2D eigenvalue weighted by atomic mass is 10.1. The maximum atomic E-state index is 15.8. The monoisotopic (exact) mass is 544 g/mol. The first-order chi connectivity index (χ1) is 18.7. The van der Waals surface area contributed by atoms with Crippen molar-refractivity contribution in [3.8, 4) is 5.75 Å². The summed E-state index contributed by atoms with van der Waals surface area (Å²) in [6.45, 7) is 5.25. The summed E-state index contributed by atoms with van der Waals surface area (Å²) in [5.74, 6) is -5.06. The molecule has 0 saturated heterocycles. The van der Waals surface area contributed by atoms with Crippen molar-refractivity contribution >= 4 is 40.4 Å². The number of rotatable bonds is 12. The van der Waals surface area contributed by atoms with Crippen LogP contribution in [0.25, 0.3) is 11.0 Å². The zero-order valence-electron chi connectivity index (χ0n) is 22.1. The maximum absolute atomic E-state index is 15.8. The number of fused-ring (bicyclic) bond motifs is 1. The molecular weight excluding hydrogens is 514 g/mol. The minimum absolute atomic E-state index is 0.0101. The van der Waals surface area contributed by atoms with Gasteiger partial charge >= 0.3 is 11.9 Å². The van der Waals surface area contributed by atoms with E-state index >= 15 is 8.78 Å². The second-order valence-corrected chi connectivity index (χ2v) is 8.18. The van der Waals surface area contributed by atoms with Crippen LogP contribution in [0.2, 0.25) is 0 Å². The summed E-state index contributed by atoms with van der Waals surface area (Å²) in [4.78, 5) is 47.5. The Hall–Kier alpha value is -4.35. The molecule has 39 heavy (non-hydrogen) atoms. The number of para-hydroxylation sites is 2. The van der Waals surface area contributed by atoms with Crippen LogP contribution >= 0.6 is 0 Å². The van der Waals surface area contributed by atoms with Gasteiger partial charge in [0.15, 0.2) is 17.4 Å². The molecule has 208 valence electrons. The highest BCUT2D eigenvalue weighted by atomic mass is 19.1. The molecule has 1 aromatic heterocycles. The smallest absolute Gasteiger partial charge is 0.328 e. The number of aromatic nitrogens is 2. The molecule has 10 nitrogen and oxygen atoms in total. The van der Waals surface area contributed by atoms with Crippen LogP contribution in [0.15, 0.2) is 36.5 Å². The van der Waals surface area contributed by atoms with E-state index in [1.54, 1.807) is 45.0 Å². The van der Waals surface area contributed by atoms with Gasteiger partial charge in [-0.25, -0.2) is 18.6 Å². The van der Waals surface area contributed by atoms with E-state index in [0.717, 1.165) is 13.2 Å². The third-order valence-electron chi connectivity index (χ3n) is 5.72. The first-order valence-corrected chi connectivity index (χ1v) is 12.4. The largest absolute Gasteiger partial charge is 0.493 e. The predicted octanol–water partition coefficient (Wildman–Crippen LogP) is 4.08. The van der Waals surface area contributed by atoms with Gasteiger partial charge in [0.2, 0.25) is 0 Å². The fraction of sp³-hybridized carbons (Fsp3) is 0.370. The van der Waals surface area contributed by atoms with E-state index in [2.05, 4.69) is 15.3 Å². The number of ether oxygens (including phenoxy) is 3. The van der Waals surface area contributed by atoms with Crippen LogP contribution in [0.3, 0.4) is 0 Å². The van der Waals surface area contributed by atoms with Crippen molar-refractivity contribution < 1.29 is 37.4 Å². The number of esters is 2. The van der Waals surface area contributed by atoms with Crippen molar-refractivity contribution in [2.45, 2.75) is 39.7 Å². The topological polar surface area (TPSA) is 120 Å². The molecule has 3 rings (SSSR count). The summed E-state index contributed by atoms with van der Waals surface area (Å²) in [7, 11) is 1.09. The number of hydrogen-bond acceptors (Lipinski definition) is 9. The molecule has 0 fully saturated rings. The number of carbonyl (C=O) groups excluding carboxylic acids is 3. The van der Waals surface area contributed by atoms with Gasteiger partial charge in [0.05, 0.1) is 43.2 Å². The number of methoxy groups -OCH3 is 1. The van der Waals surface area contributed by atoms with Crippen LogP contribution in [0.1, 0.15) is 44.0 Å². The SMILES string of the molecule is CCOC(=O)CCC(NC(=O)c1c(F)cc(N(CC)c2cnc3ccccc3n2)c(F)c1OC)C(=O)OCC. The average molecular weight is 545 g/mol. The quantitative estimate of drug-likeness (QED) is 0.336. The number of amides is 1. The molecule has 12 heteroatoms. The Morgan fingerprint density at radius 2 is 1.74 bits per heavy atom. The lowest BCUT2D eigenvalue weighted by Crippen LogP contribution is -2.42. The summed E-state index contributed by atoms with van der Waals surface area (Å²) in [5.41, 5.74) is 0.222. The average Bonchev–Trinajstić information content (AvgIpc) is 2.92. The van der Waals surface area contributed by atoms with E-state index in [9.17, 15) is 14.4 Å². The Morgan fingerprint density at radius 1 is 1.05 bits per heavy atom. The highest BCUT2D eigenvalue weighted by Crippen LogP contribution is 2.36. The van der Waals surface area contributed by atoms with Crippen LogP contribution in [0.5, 0.6) is 5.75 Å². The highest BCUT2D eigenvalue weighted by Gasteiger charge is 2.31. The standard InChI is InChI=1S/C27H30F2N4O6/c1-5-33(21-15-30-17-10-8-9-11-18(17)31-21)20-14-16(28)23(25(37-4)24(20)29)26(35)32-19(27(36)39-7-3)12-13-22(34)38-6-2/h8-11,14-15,19H,5-7,12-13H2,1-4H3,(H,32,35). The summed E-state index contributed by atoms with van der Waals surface area (Å²) < 4.78 is 46.1. The Morgan fingerprint density at radius 3 is 2.38 bits per heavy atom. The van der Waals surface area contributed by atoms with E-state index < -0.39 is 46.8 Å². The third kappa shape index (κ3) is 6.75. The van der Waals surface area contributed by atoms with Gasteiger partial charge in [0.1, 0.15) is 17.4 Å². The molecule has 0 bridgehead atoms. The van der Waals surface area contributed by atoms with Crippen LogP contribution in [0, 0.1) is 11.6 Å². The lowest BCUT2D eigenvalue weighted by Gasteiger charge is -2.25. The van der Waals surface area contributed by atoms with Gasteiger partial charge in [-0.15, -0.1) is 0 Å². The number of halogens is 2. The van der Waals surface area contributed by atoms with E-state index in [0.29, 0.717) is 11.0 Å².